The van der Waals surface area contributed by atoms with Crippen molar-refractivity contribution in [2.45, 2.75) is 25.8 Å². The number of halogens is 2. The predicted octanol–water partition coefficient (Wildman–Crippen LogP) is 1.99. The molecule has 1 saturated heterocycles. The highest BCUT2D eigenvalue weighted by Crippen LogP contribution is 2.10. The van der Waals surface area contributed by atoms with E-state index in [0.717, 1.165) is 19.5 Å². The summed E-state index contributed by atoms with van der Waals surface area (Å²) >= 11 is 7.73. The van der Waals surface area contributed by atoms with E-state index in [1.165, 1.54) is 32.3 Å². The van der Waals surface area contributed by atoms with E-state index in [9.17, 15) is 4.79 Å². The number of aromatic nitrogens is 2. The van der Waals surface area contributed by atoms with Gasteiger partial charge in [0.1, 0.15) is 8.72 Å². The second kappa shape index (κ2) is 6.15. The maximum Gasteiger partial charge on any atom is 0.268 e. The molecular formula is C11H15ClIN3O. The Morgan fingerprint density at radius 1 is 1.35 bits per heavy atom. The molecule has 1 aliphatic rings. The molecule has 0 aromatic carbocycles. The number of aryl methyl sites for hydroxylation is 1. The monoisotopic (exact) mass is 367 g/mol. The molecule has 1 aromatic heterocycles. The van der Waals surface area contributed by atoms with Gasteiger partial charge in [-0.1, -0.05) is 11.6 Å². The lowest BCUT2D eigenvalue weighted by atomic mass is 10.4. The first kappa shape index (κ1) is 13.3. The highest BCUT2D eigenvalue weighted by Gasteiger charge is 2.11. The average Bonchev–Trinajstić information content (AvgIpc) is 2.82. The molecule has 17 heavy (non-hydrogen) atoms. The highest BCUT2D eigenvalue weighted by molar-refractivity contribution is 14.1. The molecule has 0 saturated carbocycles. The van der Waals surface area contributed by atoms with Crippen molar-refractivity contribution in [2.24, 2.45) is 0 Å². The fourth-order valence-corrected chi connectivity index (χ4v) is 2.65. The average molecular weight is 368 g/mol. The molecule has 1 aliphatic heterocycles. The number of nitrogens with zero attached hydrogens (tertiary/aromatic N) is 3. The lowest BCUT2D eigenvalue weighted by molar-refractivity contribution is 0.324. The summed E-state index contributed by atoms with van der Waals surface area (Å²) in [6.45, 7) is 4.18. The quantitative estimate of drug-likeness (QED) is 0.603. The minimum atomic E-state index is -0.0352. The van der Waals surface area contributed by atoms with Crippen LogP contribution in [-0.4, -0.2) is 34.1 Å². The van der Waals surface area contributed by atoms with Gasteiger partial charge in [-0.05, 0) is 61.5 Å². The molecule has 0 aliphatic carbocycles. The molecule has 0 amide bonds. The van der Waals surface area contributed by atoms with Crippen LogP contribution in [-0.2, 0) is 6.54 Å². The van der Waals surface area contributed by atoms with E-state index in [2.05, 4.69) is 9.88 Å². The topological polar surface area (TPSA) is 38.1 Å². The molecule has 2 heterocycles. The van der Waals surface area contributed by atoms with Crippen LogP contribution in [0.4, 0.5) is 0 Å². The Kier molecular flexibility index (Phi) is 4.81. The molecule has 94 valence electrons. The van der Waals surface area contributed by atoms with Crippen LogP contribution in [0.1, 0.15) is 19.3 Å². The van der Waals surface area contributed by atoms with E-state index in [0.29, 0.717) is 8.72 Å². The van der Waals surface area contributed by atoms with Gasteiger partial charge in [0.05, 0.1) is 6.33 Å². The van der Waals surface area contributed by atoms with Crippen molar-refractivity contribution >= 4 is 34.2 Å². The van der Waals surface area contributed by atoms with Gasteiger partial charge in [-0.3, -0.25) is 9.36 Å². The van der Waals surface area contributed by atoms with Crippen LogP contribution < -0.4 is 5.56 Å². The van der Waals surface area contributed by atoms with E-state index in [1.54, 1.807) is 4.57 Å². The molecule has 0 bridgehead atoms. The maximum absolute atomic E-state index is 11.8. The molecule has 4 nitrogen and oxygen atoms in total. The van der Waals surface area contributed by atoms with Gasteiger partial charge in [0.15, 0.2) is 0 Å². The standard InChI is InChI=1S/C11H15ClIN3O/c12-10-9(13)11(17)16(8-14-10)7-3-6-15-4-1-2-5-15/h8H,1-7H2. The first-order valence-corrected chi connectivity index (χ1v) is 7.27. The summed E-state index contributed by atoms with van der Waals surface area (Å²) in [6.07, 6.45) is 5.14. The van der Waals surface area contributed by atoms with Crippen molar-refractivity contribution in [3.8, 4) is 0 Å². The van der Waals surface area contributed by atoms with Crippen LogP contribution >= 0.6 is 34.2 Å². The molecular weight excluding hydrogens is 352 g/mol. The first-order chi connectivity index (χ1) is 8.18. The van der Waals surface area contributed by atoms with Crippen LogP contribution in [0.2, 0.25) is 5.15 Å². The van der Waals surface area contributed by atoms with Crippen molar-refractivity contribution < 1.29 is 0 Å². The van der Waals surface area contributed by atoms with Crippen LogP contribution in [0.3, 0.4) is 0 Å². The zero-order valence-corrected chi connectivity index (χ0v) is 12.4. The van der Waals surface area contributed by atoms with Gasteiger partial charge in [0, 0.05) is 6.54 Å². The Hall–Kier alpha value is -0.140. The minimum Gasteiger partial charge on any atom is -0.303 e. The third-order valence-corrected chi connectivity index (χ3v) is 4.59. The molecule has 0 N–H and O–H groups in total. The molecule has 0 spiro atoms. The summed E-state index contributed by atoms with van der Waals surface area (Å²) in [5.74, 6) is 0. The maximum atomic E-state index is 11.8. The normalized spacial score (nSPS) is 16.6. The van der Waals surface area contributed by atoms with Gasteiger partial charge < -0.3 is 4.90 Å². The van der Waals surface area contributed by atoms with Crippen molar-refractivity contribution in [2.75, 3.05) is 19.6 Å². The van der Waals surface area contributed by atoms with Crippen molar-refractivity contribution in [3.05, 3.63) is 25.4 Å². The van der Waals surface area contributed by atoms with Crippen LogP contribution in [0.5, 0.6) is 0 Å². The molecule has 2 rings (SSSR count). The third-order valence-electron chi connectivity index (χ3n) is 3.01. The summed E-state index contributed by atoms with van der Waals surface area (Å²) in [4.78, 5) is 18.3. The van der Waals surface area contributed by atoms with Crippen molar-refractivity contribution in [1.82, 2.24) is 14.5 Å². The molecule has 6 heteroatoms. The van der Waals surface area contributed by atoms with E-state index in [1.807, 2.05) is 22.6 Å². The number of likely N-dealkylation sites (tertiary alicyclic amines) is 1. The van der Waals surface area contributed by atoms with Gasteiger partial charge in [-0.15, -0.1) is 0 Å². The third kappa shape index (κ3) is 3.42. The van der Waals surface area contributed by atoms with Crippen LogP contribution in [0.15, 0.2) is 11.1 Å². The Morgan fingerprint density at radius 3 is 2.76 bits per heavy atom. The molecule has 0 radical (unpaired) electrons. The Labute approximate surface area is 119 Å². The first-order valence-electron chi connectivity index (χ1n) is 5.81. The van der Waals surface area contributed by atoms with E-state index in [-0.39, 0.29) is 5.56 Å². The summed E-state index contributed by atoms with van der Waals surface area (Å²) in [6, 6.07) is 0. The predicted molar refractivity (Wildman–Crippen MR) is 76.5 cm³/mol. The molecule has 0 atom stereocenters. The Morgan fingerprint density at radius 2 is 2.06 bits per heavy atom. The summed E-state index contributed by atoms with van der Waals surface area (Å²) in [5.41, 5.74) is -0.0352. The van der Waals surface area contributed by atoms with Crippen LogP contribution in [0.25, 0.3) is 0 Å². The summed E-state index contributed by atoms with van der Waals surface area (Å²) in [5, 5.41) is 0.298. The zero-order valence-electron chi connectivity index (χ0n) is 9.53. The van der Waals surface area contributed by atoms with Gasteiger partial charge >= 0.3 is 0 Å². The van der Waals surface area contributed by atoms with Crippen LogP contribution in [0, 0.1) is 3.57 Å². The fourth-order valence-electron chi connectivity index (χ4n) is 2.07. The minimum absolute atomic E-state index is 0.0352. The van der Waals surface area contributed by atoms with E-state index < -0.39 is 0 Å². The van der Waals surface area contributed by atoms with Gasteiger partial charge in [-0.2, -0.15) is 0 Å². The second-order valence-corrected chi connectivity index (χ2v) is 5.69. The van der Waals surface area contributed by atoms with Crippen molar-refractivity contribution in [3.63, 3.8) is 0 Å². The molecule has 1 aromatic rings. The highest BCUT2D eigenvalue weighted by atomic mass is 127. The lowest BCUT2D eigenvalue weighted by Gasteiger charge is -2.14. The van der Waals surface area contributed by atoms with Gasteiger partial charge in [0.2, 0.25) is 0 Å². The SMILES string of the molecule is O=c1c(I)c(Cl)ncn1CCCN1CCCC1. The van der Waals surface area contributed by atoms with E-state index in [4.69, 9.17) is 11.6 Å². The lowest BCUT2D eigenvalue weighted by Crippen LogP contribution is -2.26. The smallest absolute Gasteiger partial charge is 0.268 e. The fraction of sp³-hybridized carbons (Fsp3) is 0.636. The zero-order chi connectivity index (χ0) is 12.3. The Bertz CT molecular complexity index is 443. The molecule has 1 fully saturated rings. The van der Waals surface area contributed by atoms with Gasteiger partial charge in [0.25, 0.3) is 5.56 Å². The largest absolute Gasteiger partial charge is 0.303 e. The van der Waals surface area contributed by atoms with E-state index >= 15 is 0 Å². The number of rotatable bonds is 4. The Balaban J connectivity index is 1.90. The van der Waals surface area contributed by atoms with Crippen molar-refractivity contribution in [1.29, 1.82) is 0 Å². The number of hydrogen-bond acceptors (Lipinski definition) is 3. The summed E-state index contributed by atoms with van der Waals surface area (Å²) in [7, 11) is 0. The number of hydrogen-bond donors (Lipinski definition) is 0. The summed E-state index contributed by atoms with van der Waals surface area (Å²) < 4.78 is 2.15. The second-order valence-electron chi connectivity index (χ2n) is 4.25. The van der Waals surface area contributed by atoms with Gasteiger partial charge in [-0.25, -0.2) is 4.98 Å². The molecule has 0 unspecified atom stereocenters.